The molecule has 0 radical (unpaired) electrons. The van der Waals surface area contributed by atoms with E-state index >= 15 is 0 Å². The number of nitrogens with zero attached hydrogens (tertiary/aromatic N) is 1. The Morgan fingerprint density at radius 3 is 2.62 bits per heavy atom. The molecule has 108 valence electrons. The van der Waals surface area contributed by atoms with Gasteiger partial charge in [-0.2, -0.15) is 0 Å². The molecule has 8 heteroatoms. The zero-order chi connectivity index (χ0) is 15.6. The number of anilines is 2. The molecule has 0 spiro atoms. The summed E-state index contributed by atoms with van der Waals surface area (Å²) in [5.41, 5.74) is 5.13. The first kappa shape index (κ1) is 14.7. The SMILES string of the molecule is Nc1ccc(C(=O)Nc2ccc(Cl)c([N+](=O)[O-])c2)c(F)c1. The molecule has 3 N–H and O–H groups in total. The van der Waals surface area contributed by atoms with Crippen LogP contribution in [0.25, 0.3) is 0 Å². The number of hydrogen-bond donors (Lipinski definition) is 2. The van der Waals surface area contributed by atoms with E-state index in [1.807, 2.05) is 0 Å². The van der Waals surface area contributed by atoms with E-state index in [1.165, 1.54) is 24.3 Å². The molecule has 2 rings (SSSR count). The number of benzene rings is 2. The van der Waals surface area contributed by atoms with Gasteiger partial charge in [-0.05, 0) is 30.3 Å². The maximum atomic E-state index is 13.6. The van der Waals surface area contributed by atoms with Gasteiger partial charge in [0.15, 0.2) is 0 Å². The van der Waals surface area contributed by atoms with Crippen molar-refractivity contribution in [3.63, 3.8) is 0 Å². The van der Waals surface area contributed by atoms with E-state index in [2.05, 4.69) is 5.32 Å². The van der Waals surface area contributed by atoms with Crippen molar-refractivity contribution < 1.29 is 14.1 Å². The Hall–Kier alpha value is -2.67. The molecule has 2 aromatic carbocycles. The van der Waals surface area contributed by atoms with Gasteiger partial charge in [-0.1, -0.05) is 11.6 Å². The van der Waals surface area contributed by atoms with Crippen LogP contribution in [0.1, 0.15) is 10.4 Å². The highest BCUT2D eigenvalue weighted by atomic mass is 35.5. The van der Waals surface area contributed by atoms with Gasteiger partial charge in [0.2, 0.25) is 0 Å². The smallest absolute Gasteiger partial charge is 0.289 e. The summed E-state index contributed by atoms with van der Waals surface area (Å²) in [5.74, 6) is -1.53. The highest BCUT2D eigenvalue weighted by molar-refractivity contribution is 6.32. The van der Waals surface area contributed by atoms with Crippen LogP contribution in [0.4, 0.5) is 21.5 Å². The summed E-state index contributed by atoms with van der Waals surface area (Å²) in [4.78, 5) is 22.0. The van der Waals surface area contributed by atoms with Crippen molar-refractivity contribution in [3.05, 3.63) is 62.9 Å². The van der Waals surface area contributed by atoms with Gasteiger partial charge < -0.3 is 11.1 Å². The topological polar surface area (TPSA) is 98.3 Å². The summed E-state index contributed by atoms with van der Waals surface area (Å²) >= 11 is 5.66. The van der Waals surface area contributed by atoms with Crippen LogP contribution in [0, 0.1) is 15.9 Å². The molecule has 21 heavy (non-hydrogen) atoms. The second-order valence-electron chi connectivity index (χ2n) is 4.12. The molecule has 0 saturated carbocycles. The van der Waals surface area contributed by atoms with Crippen molar-refractivity contribution >= 4 is 34.6 Å². The minimum Gasteiger partial charge on any atom is -0.399 e. The van der Waals surface area contributed by atoms with Crippen molar-refractivity contribution in [3.8, 4) is 0 Å². The average Bonchev–Trinajstić information content (AvgIpc) is 2.40. The molecule has 1 amide bonds. The van der Waals surface area contributed by atoms with Gasteiger partial charge in [-0.3, -0.25) is 14.9 Å². The summed E-state index contributed by atoms with van der Waals surface area (Å²) in [5, 5.41) is 13.1. The van der Waals surface area contributed by atoms with Crippen LogP contribution in [-0.4, -0.2) is 10.8 Å². The lowest BCUT2D eigenvalue weighted by Gasteiger charge is -2.07. The first-order valence-corrected chi connectivity index (χ1v) is 6.06. The molecule has 0 unspecified atom stereocenters. The Morgan fingerprint density at radius 2 is 2.00 bits per heavy atom. The predicted octanol–water partition coefficient (Wildman–Crippen LogP) is 3.22. The third-order valence-corrected chi connectivity index (χ3v) is 2.96. The fourth-order valence-electron chi connectivity index (χ4n) is 1.64. The van der Waals surface area contributed by atoms with Gasteiger partial charge in [0.25, 0.3) is 11.6 Å². The normalized spacial score (nSPS) is 10.2. The number of nitrogens with two attached hydrogens (primary N) is 1. The van der Waals surface area contributed by atoms with E-state index in [0.717, 1.165) is 12.1 Å². The predicted molar refractivity (Wildman–Crippen MR) is 76.9 cm³/mol. The second-order valence-corrected chi connectivity index (χ2v) is 4.52. The largest absolute Gasteiger partial charge is 0.399 e. The number of hydrogen-bond acceptors (Lipinski definition) is 4. The number of carbonyl (C=O) groups is 1. The van der Waals surface area contributed by atoms with Crippen molar-refractivity contribution in [2.24, 2.45) is 0 Å². The van der Waals surface area contributed by atoms with Gasteiger partial charge in [0.05, 0.1) is 10.5 Å². The Kier molecular flexibility index (Phi) is 4.04. The first-order valence-electron chi connectivity index (χ1n) is 5.69. The molecule has 0 bridgehead atoms. The van der Waals surface area contributed by atoms with Crippen LogP contribution in [0.3, 0.4) is 0 Å². The molecule has 0 aliphatic rings. The van der Waals surface area contributed by atoms with Crippen LogP contribution < -0.4 is 11.1 Å². The van der Waals surface area contributed by atoms with E-state index in [9.17, 15) is 19.3 Å². The van der Waals surface area contributed by atoms with Crippen molar-refractivity contribution in [1.29, 1.82) is 0 Å². The number of amides is 1. The van der Waals surface area contributed by atoms with Crippen molar-refractivity contribution in [1.82, 2.24) is 0 Å². The van der Waals surface area contributed by atoms with E-state index in [0.29, 0.717) is 0 Å². The van der Waals surface area contributed by atoms with Gasteiger partial charge in [0.1, 0.15) is 10.8 Å². The fraction of sp³-hybridized carbons (Fsp3) is 0. The summed E-state index contributed by atoms with van der Waals surface area (Å²) in [6.45, 7) is 0. The first-order chi connectivity index (χ1) is 9.88. The Morgan fingerprint density at radius 1 is 1.29 bits per heavy atom. The maximum absolute atomic E-state index is 13.6. The van der Waals surface area contributed by atoms with Gasteiger partial charge in [0, 0.05) is 17.4 Å². The van der Waals surface area contributed by atoms with Crippen LogP contribution in [0.15, 0.2) is 36.4 Å². The molecular weight excluding hydrogens is 301 g/mol. The number of nitro groups is 1. The van der Waals surface area contributed by atoms with Crippen molar-refractivity contribution in [2.75, 3.05) is 11.1 Å². The van der Waals surface area contributed by atoms with Crippen molar-refractivity contribution in [2.45, 2.75) is 0 Å². The average molecular weight is 310 g/mol. The molecular formula is C13H9ClFN3O3. The lowest BCUT2D eigenvalue weighted by molar-refractivity contribution is -0.384. The van der Waals surface area contributed by atoms with Gasteiger partial charge in [-0.15, -0.1) is 0 Å². The minimum absolute atomic E-state index is 0.0586. The number of nitrogen functional groups attached to an aromatic ring is 1. The Labute approximate surface area is 123 Å². The molecule has 0 aliphatic heterocycles. The zero-order valence-electron chi connectivity index (χ0n) is 10.5. The van der Waals surface area contributed by atoms with Crippen LogP contribution in [0.5, 0.6) is 0 Å². The lowest BCUT2D eigenvalue weighted by Crippen LogP contribution is -2.14. The summed E-state index contributed by atoms with van der Waals surface area (Å²) in [6.07, 6.45) is 0. The number of rotatable bonds is 3. The Balaban J connectivity index is 2.27. The minimum atomic E-state index is -0.782. The van der Waals surface area contributed by atoms with Gasteiger partial charge >= 0.3 is 0 Å². The van der Waals surface area contributed by atoms with Crippen LogP contribution in [0.2, 0.25) is 5.02 Å². The summed E-state index contributed by atoms with van der Waals surface area (Å²) in [6, 6.07) is 7.36. The second kappa shape index (κ2) is 5.76. The highest BCUT2D eigenvalue weighted by Gasteiger charge is 2.16. The molecule has 6 nitrogen and oxygen atoms in total. The third-order valence-electron chi connectivity index (χ3n) is 2.64. The third kappa shape index (κ3) is 3.26. The quantitative estimate of drug-likeness (QED) is 0.516. The molecule has 0 fully saturated rings. The fourth-order valence-corrected chi connectivity index (χ4v) is 1.83. The number of halogens is 2. The number of carbonyl (C=O) groups excluding carboxylic acids is 1. The van der Waals surface area contributed by atoms with E-state index in [1.54, 1.807) is 0 Å². The number of nitrogens with one attached hydrogen (secondary N) is 1. The standard InChI is InChI=1S/C13H9ClFN3O3/c14-10-4-2-8(6-12(10)18(20)21)17-13(19)9-3-1-7(16)5-11(9)15/h1-6H,16H2,(H,17,19). The lowest BCUT2D eigenvalue weighted by atomic mass is 10.1. The zero-order valence-corrected chi connectivity index (χ0v) is 11.2. The Bertz CT molecular complexity index is 737. The summed E-state index contributed by atoms with van der Waals surface area (Å²) in [7, 11) is 0. The van der Waals surface area contributed by atoms with E-state index in [4.69, 9.17) is 17.3 Å². The molecule has 0 atom stereocenters. The molecule has 0 aromatic heterocycles. The van der Waals surface area contributed by atoms with Crippen LogP contribution >= 0.6 is 11.6 Å². The molecule has 0 saturated heterocycles. The van der Waals surface area contributed by atoms with E-state index in [-0.39, 0.29) is 27.6 Å². The van der Waals surface area contributed by atoms with Crippen LogP contribution in [-0.2, 0) is 0 Å². The maximum Gasteiger partial charge on any atom is 0.289 e. The summed E-state index contributed by atoms with van der Waals surface area (Å²) < 4.78 is 13.6. The monoisotopic (exact) mass is 309 g/mol. The molecule has 0 aliphatic carbocycles. The number of nitro benzene ring substituents is 1. The van der Waals surface area contributed by atoms with E-state index < -0.39 is 16.6 Å². The molecule has 0 heterocycles. The highest BCUT2D eigenvalue weighted by Crippen LogP contribution is 2.27. The molecule has 2 aromatic rings. The van der Waals surface area contributed by atoms with Gasteiger partial charge in [-0.25, -0.2) is 4.39 Å².